The molecule has 7 heteroatoms. The van der Waals surface area contributed by atoms with E-state index >= 15 is 0 Å². The summed E-state index contributed by atoms with van der Waals surface area (Å²) >= 11 is 0. The third-order valence-electron chi connectivity index (χ3n) is 4.20. The fourth-order valence-corrected chi connectivity index (χ4v) is 2.91. The van der Waals surface area contributed by atoms with Crippen molar-refractivity contribution in [3.8, 4) is 5.75 Å². The second-order valence-electron chi connectivity index (χ2n) is 5.98. The van der Waals surface area contributed by atoms with Crippen molar-refractivity contribution >= 4 is 0 Å². The molecule has 0 bridgehead atoms. The van der Waals surface area contributed by atoms with E-state index in [1.54, 1.807) is 12.1 Å². The lowest BCUT2D eigenvalue weighted by atomic mass is 9.98. The SMILES string of the molecule is CCCC[C@H](c1ccc(OC(F)(F)C(F)F)cc1)N1CCNCC1. The Morgan fingerprint density at radius 2 is 1.79 bits per heavy atom. The molecule has 0 amide bonds. The van der Waals surface area contributed by atoms with Gasteiger partial charge in [-0.3, -0.25) is 4.90 Å². The third-order valence-corrected chi connectivity index (χ3v) is 4.20. The molecule has 1 aliphatic rings. The van der Waals surface area contributed by atoms with Crippen LogP contribution in [0.3, 0.4) is 0 Å². The van der Waals surface area contributed by atoms with E-state index in [4.69, 9.17) is 0 Å². The van der Waals surface area contributed by atoms with Crippen LogP contribution in [0.2, 0.25) is 0 Å². The van der Waals surface area contributed by atoms with Crippen LogP contribution in [0, 0.1) is 0 Å². The summed E-state index contributed by atoms with van der Waals surface area (Å²) in [7, 11) is 0. The molecule has 136 valence electrons. The van der Waals surface area contributed by atoms with Gasteiger partial charge in [-0.2, -0.15) is 17.6 Å². The summed E-state index contributed by atoms with van der Waals surface area (Å²) in [6, 6.07) is 6.27. The van der Waals surface area contributed by atoms with Gasteiger partial charge in [-0.05, 0) is 24.1 Å². The summed E-state index contributed by atoms with van der Waals surface area (Å²) in [6.45, 7) is 5.82. The number of rotatable bonds is 8. The predicted octanol–water partition coefficient (Wildman–Crippen LogP) is 4.06. The highest BCUT2D eigenvalue weighted by Crippen LogP contribution is 2.31. The standard InChI is InChI=1S/C17H24F4N2O/c1-2-3-4-15(23-11-9-22-10-12-23)13-5-7-14(8-6-13)24-17(20,21)16(18)19/h5-8,15-16,22H,2-4,9-12H2,1H3/t15-/m1/s1. The lowest BCUT2D eigenvalue weighted by Crippen LogP contribution is -2.45. The van der Waals surface area contributed by atoms with Gasteiger partial charge in [-0.25, -0.2) is 0 Å². The number of unbranched alkanes of at least 4 members (excludes halogenated alkanes) is 1. The lowest BCUT2D eigenvalue weighted by Gasteiger charge is -2.35. The zero-order chi connectivity index (χ0) is 17.6. The van der Waals surface area contributed by atoms with Crippen LogP contribution in [0.15, 0.2) is 24.3 Å². The smallest absolute Gasteiger partial charge is 0.428 e. The number of ether oxygens (including phenoxy) is 1. The zero-order valence-electron chi connectivity index (χ0n) is 13.8. The first kappa shape index (κ1) is 19.0. The van der Waals surface area contributed by atoms with Gasteiger partial charge < -0.3 is 10.1 Å². The van der Waals surface area contributed by atoms with Crippen molar-refractivity contribution in [2.45, 2.75) is 44.8 Å². The van der Waals surface area contributed by atoms with Crippen molar-refractivity contribution in [2.24, 2.45) is 0 Å². The number of hydrogen-bond donors (Lipinski definition) is 1. The van der Waals surface area contributed by atoms with Crippen LogP contribution in [-0.4, -0.2) is 43.6 Å². The highest BCUT2D eigenvalue weighted by atomic mass is 19.3. The Morgan fingerprint density at radius 1 is 1.17 bits per heavy atom. The minimum atomic E-state index is -4.47. The van der Waals surface area contributed by atoms with E-state index in [0.29, 0.717) is 0 Å². The average Bonchev–Trinajstić information content (AvgIpc) is 2.57. The maximum Gasteiger partial charge on any atom is 0.461 e. The van der Waals surface area contributed by atoms with Crippen molar-refractivity contribution in [2.75, 3.05) is 26.2 Å². The molecule has 0 aromatic heterocycles. The first-order valence-electron chi connectivity index (χ1n) is 8.33. The van der Waals surface area contributed by atoms with E-state index in [9.17, 15) is 17.6 Å². The molecule has 0 aliphatic carbocycles. The fourth-order valence-electron chi connectivity index (χ4n) is 2.91. The minimum absolute atomic E-state index is 0.205. The molecule has 1 fully saturated rings. The molecule has 0 unspecified atom stereocenters. The summed E-state index contributed by atoms with van der Waals surface area (Å²) in [5, 5.41) is 3.31. The van der Waals surface area contributed by atoms with Crippen molar-refractivity contribution in [3.05, 3.63) is 29.8 Å². The van der Waals surface area contributed by atoms with Crippen molar-refractivity contribution in [3.63, 3.8) is 0 Å². The van der Waals surface area contributed by atoms with Gasteiger partial charge in [0.2, 0.25) is 0 Å². The Hall–Kier alpha value is -1.34. The Labute approximate surface area is 140 Å². The van der Waals surface area contributed by atoms with E-state index in [1.165, 1.54) is 12.1 Å². The summed E-state index contributed by atoms with van der Waals surface area (Å²) in [5.41, 5.74) is 0.998. The van der Waals surface area contributed by atoms with Crippen molar-refractivity contribution < 1.29 is 22.3 Å². The van der Waals surface area contributed by atoms with Crippen LogP contribution >= 0.6 is 0 Å². The maximum absolute atomic E-state index is 13.0. The third kappa shape index (κ3) is 5.08. The lowest BCUT2D eigenvalue weighted by molar-refractivity contribution is -0.253. The summed E-state index contributed by atoms with van der Waals surface area (Å²) < 4.78 is 54.4. The minimum Gasteiger partial charge on any atom is -0.428 e. The highest BCUT2D eigenvalue weighted by molar-refractivity contribution is 5.29. The summed E-state index contributed by atoms with van der Waals surface area (Å²) in [6.07, 6.45) is -5.21. The van der Waals surface area contributed by atoms with E-state index < -0.39 is 12.5 Å². The quantitative estimate of drug-likeness (QED) is 0.717. The van der Waals surface area contributed by atoms with E-state index in [-0.39, 0.29) is 11.8 Å². The molecule has 1 heterocycles. The first-order chi connectivity index (χ1) is 11.4. The highest BCUT2D eigenvalue weighted by Gasteiger charge is 2.43. The Kier molecular flexibility index (Phi) is 6.86. The zero-order valence-corrected chi connectivity index (χ0v) is 13.8. The Morgan fingerprint density at radius 3 is 2.33 bits per heavy atom. The molecule has 1 N–H and O–H groups in total. The molecule has 1 aliphatic heterocycles. The summed E-state index contributed by atoms with van der Waals surface area (Å²) in [4.78, 5) is 2.37. The number of piperazine rings is 1. The molecule has 3 nitrogen and oxygen atoms in total. The van der Waals surface area contributed by atoms with Crippen LogP contribution in [0.4, 0.5) is 17.6 Å². The number of nitrogens with one attached hydrogen (secondary N) is 1. The van der Waals surface area contributed by atoms with E-state index in [2.05, 4.69) is 21.9 Å². The second kappa shape index (κ2) is 8.67. The topological polar surface area (TPSA) is 24.5 Å². The number of alkyl halides is 4. The number of hydrogen-bond acceptors (Lipinski definition) is 3. The number of benzene rings is 1. The molecule has 1 aromatic carbocycles. The molecule has 2 rings (SSSR count). The van der Waals surface area contributed by atoms with Crippen LogP contribution in [-0.2, 0) is 0 Å². The van der Waals surface area contributed by atoms with Gasteiger partial charge in [0.25, 0.3) is 0 Å². The molecule has 1 aromatic rings. The van der Waals surface area contributed by atoms with Crippen LogP contribution in [0.1, 0.15) is 37.8 Å². The van der Waals surface area contributed by atoms with E-state index in [1.807, 2.05) is 0 Å². The number of halogens is 4. The first-order valence-corrected chi connectivity index (χ1v) is 8.33. The van der Waals surface area contributed by atoms with Crippen molar-refractivity contribution in [1.82, 2.24) is 10.2 Å². The largest absolute Gasteiger partial charge is 0.461 e. The van der Waals surface area contributed by atoms with Gasteiger partial charge in [0.1, 0.15) is 5.75 Å². The Bertz CT molecular complexity index is 490. The monoisotopic (exact) mass is 348 g/mol. The second-order valence-corrected chi connectivity index (χ2v) is 5.98. The van der Waals surface area contributed by atoms with Crippen LogP contribution in [0.5, 0.6) is 5.75 Å². The number of nitrogens with zero attached hydrogens (tertiary/aromatic N) is 1. The maximum atomic E-state index is 13.0. The Balaban J connectivity index is 2.09. The van der Waals surface area contributed by atoms with Crippen LogP contribution in [0.25, 0.3) is 0 Å². The molecule has 1 atom stereocenters. The van der Waals surface area contributed by atoms with Gasteiger partial charge in [-0.15, -0.1) is 0 Å². The normalized spacial score (nSPS) is 17.9. The average molecular weight is 348 g/mol. The molecule has 1 saturated heterocycles. The predicted molar refractivity (Wildman–Crippen MR) is 84.7 cm³/mol. The molecule has 0 saturated carbocycles. The van der Waals surface area contributed by atoms with Gasteiger partial charge in [0.15, 0.2) is 0 Å². The van der Waals surface area contributed by atoms with Gasteiger partial charge in [-0.1, -0.05) is 31.9 Å². The molecular weight excluding hydrogens is 324 g/mol. The molecular formula is C17H24F4N2O. The molecule has 0 radical (unpaired) electrons. The fraction of sp³-hybridized carbons (Fsp3) is 0.647. The molecule has 24 heavy (non-hydrogen) atoms. The van der Waals surface area contributed by atoms with Gasteiger partial charge >= 0.3 is 12.5 Å². The summed E-state index contributed by atoms with van der Waals surface area (Å²) in [5.74, 6) is -0.251. The van der Waals surface area contributed by atoms with E-state index in [0.717, 1.165) is 51.0 Å². The van der Waals surface area contributed by atoms with Crippen molar-refractivity contribution in [1.29, 1.82) is 0 Å². The van der Waals surface area contributed by atoms with Gasteiger partial charge in [0.05, 0.1) is 0 Å². The molecule has 0 spiro atoms. The van der Waals surface area contributed by atoms with Crippen LogP contribution < -0.4 is 10.1 Å². The van der Waals surface area contributed by atoms with Gasteiger partial charge in [0, 0.05) is 32.2 Å².